The third-order valence-corrected chi connectivity index (χ3v) is 4.33. The lowest BCUT2D eigenvalue weighted by molar-refractivity contribution is 0.275. The Morgan fingerprint density at radius 3 is 2.74 bits per heavy atom. The van der Waals surface area contributed by atoms with E-state index in [0.29, 0.717) is 23.2 Å². The first-order chi connectivity index (χ1) is 8.97. The number of ether oxygens (including phenoxy) is 1. The molecule has 1 atom stereocenters. The number of rotatable bonds is 4. The van der Waals surface area contributed by atoms with E-state index < -0.39 is 9.84 Å². The van der Waals surface area contributed by atoms with Gasteiger partial charge in [-0.1, -0.05) is 30.4 Å². The number of sulfone groups is 1. The van der Waals surface area contributed by atoms with Crippen LogP contribution in [-0.2, 0) is 9.84 Å². The molecule has 1 aromatic rings. The molecule has 19 heavy (non-hydrogen) atoms. The molecule has 0 radical (unpaired) electrons. The predicted molar refractivity (Wildman–Crippen MR) is 76.2 cm³/mol. The van der Waals surface area contributed by atoms with Crippen LogP contribution < -0.4 is 4.74 Å². The van der Waals surface area contributed by atoms with E-state index in [1.54, 1.807) is 19.1 Å². The van der Waals surface area contributed by atoms with E-state index in [1.807, 2.05) is 18.2 Å². The van der Waals surface area contributed by atoms with Crippen molar-refractivity contribution in [2.75, 3.05) is 12.9 Å². The standard InChI is InChI=1S/C15H18O3S/c1-12-8-9-14(10-15(12)19(2,16)17)18-11-13-6-4-3-5-7-13/h3-6,8-10,13H,7,11H2,1-2H3. The first-order valence-electron chi connectivity index (χ1n) is 6.23. The fraction of sp³-hybridized carbons (Fsp3) is 0.333. The summed E-state index contributed by atoms with van der Waals surface area (Å²) in [6.45, 7) is 2.35. The van der Waals surface area contributed by atoms with Gasteiger partial charge < -0.3 is 4.74 Å². The van der Waals surface area contributed by atoms with Crippen LogP contribution in [0.5, 0.6) is 5.75 Å². The normalized spacial score (nSPS) is 18.5. The van der Waals surface area contributed by atoms with Crippen LogP contribution >= 0.6 is 0 Å². The Balaban J connectivity index is 2.09. The molecule has 2 rings (SSSR count). The molecule has 102 valence electrons. The molecule has 0 amide bonds. The molecule has 0 bridgehead atoms. The van der Waals surface area contributed by atoms with Crippen molar-refractivity contribution >= 4 is 9.84 Å². The van der Waals surface area contributed by atoms with Crippen LogP contribution in [0.25, 0.3) is 0 Å². The van der Waals surface area contributed by atoms with Crippen LogP contribution in [0.15, 0.2) is 47.4 Å². The molecule has 0 fully saturated rings. The van der Waals surface area contributed by atoms with Gasteiger partial charge in [0.25, 0.3) is 0 Å². The molecule has 1 unspecified atom stereocenters. The minimum atomic E-state index is -3.20. The van der Waals surface area contributed by atoms with E-state index in [2.05, 4.69) is 12.2 Å². The first kappa shape index (κ1) is 13.9. The van der Waals surface area contributed by atoms with Crippen molar-refractivity contribution in [1.29, 1.82) is 0 Å². The summed E-state index contributed by atoms with van der Waals surface area (Å²) in [4.78, 5) is 0.337. The summed E-state index contributed by atoms with van der Waals surface area (Å²) in [6, 6.07) is 5.20. The van der Waals surface area contributed by atoms with Gasteiger partial charge in [0, 0.05) is 12.2 Å². The van der Waals surface area contributed by atoms with Gasteiger partial charge in [-0.15, -0.1) is 0 Å². The van der Waals surface area contributed by atoms with E-state index in [0.717, 1.165) is 12.0 Å². The molecule has 1 aliphatic rings. The largest absolute Gasteiger partial charge is 0.493 e. The highest BCUT2D eigenvalue weighted by atomic mass is 32.2. The SMILES string of the molecule is Cc1ccc(OCC2C=CC=CC2)cc1S(C)(=O)=O. The number of allylic oxidation sites excluding steroid dienone is 3. The van der Waals surface area contributed by atoms with Crippen LogP contribution in [0.2, 0.25) is 0 Å². The molecule has 4 heteroatoms. The zero-order valence-corrected chi connectivity index (χ0v) is 12.0. The quantitative estimate of drug-likeness (QED) is 0.850. The van der Waals surface area contributed by atoms with Crippen LogP contribution in [0.3, 0.4) is 0 Å². The van der Waals surface area contributed by atoms with E-state index in [-0.39, 0.29) is 0 Å². The lowest BCUT2D eigenvalue weighted by atomic mass is 10.0. The lowest BCUT2D eigenvalue weighted by Gasteiger charge is -2.15. The Labute approximate surface area is 114 Å². The summed E-state index contributed by atoms with van der Waals surface area (Å²) in [7, 11) is -3.20. The Morgan fingerprint density at radius 2 is 2.11 bits per heavy atom. The van der Waals surface area contributed by atoms with Crippen molar-refractivity contribution in [3.63, 3.8) is 0 Å². The van der Waals surface area contributed by atoms with Gasteiger partial charge in [0.1, 0.15) is 5.75 Å². The van der Waals surface area contributed by atoms with Crippen LogP contribution in [0, 0.1) is 12.8 Å². The third-order valence-electron chi connectivity index (χ3n) is 3.09. The van der Waals surface area contributed by atoms with E-state index in [4.69, 9.17) is 4.74 Å². The fourth-order valence-electron chi connectivity index (χ4n) is 2.03. The van der Waals surface area contributed by atoms with Gasteiger partial charge in [-0.3, -0.25) is 0 Å². The van der Waals surface area contributed by atoms with Gasteiger partial charge in [-0.25, -0.2) is 8.42 Å². The second-order valence-electron chi connectivity index (χ2n) is 4.82. The summed E-state index contributed by atoms with van der Waals surface area (Å²) >= 11 is 0. The molecule has 0 spiro atoms. The molecule has 1 aromatic carbocycles. The highest BCUT2D eigenvalue weighted by Crippen LogP contribution is 2.23. The van der Waals surface area contributed by atoms with E-state index in [9.17, 15) is 8.42 Å². The monoisotopic (exact) mass is 278 g/mol. The van der Waals surface area contributed by atoms with Crippen molar-refractivity contribution in [3.05, 3.63) is 48.1 Å². The van der Waals surface area contributed by atoms with Crippen molar-refractivity contribution in [2.45, 2.75) is 18.2 Å². The Bertz CT molecular complexity index is 612. The molecular formula is C15H18O3S. The van der Waals surface area contributed by atoms with Gasteiger partial charge in [0.2, 0.25) is 0 Å². The average Bonchev–Trinajstić information content (AvgIpc) is 2.37. The molecule has 1 aliphatic carbocycles. The maximum Gasteiger partial charge on any atom is 0.175 e. The molecule has 0 aliphatic heterocycles. The predicted octanol–water partition coefficient (Wildman–Crippen LogP) is 2.91. The molecule has 0 saturated heterocycles. The second-order valence-corrected chi connectivity index (χ2v) is 6.80. The van der Waals surface area contributed by atoms with E-state index in [1.165, 1.54) is 6.26 Å². The van der Waals surface area contributed by atoms with Crippen LogP contribution in [0.4, 0.5) is 0 Å². The van der Waals surface area contributed by atoms with Crippen molar-refractivity contribution in [1.82, 2.24) is 0 Å². The molecule has 0 saturated carbocycles. The zero-order chi connectivity index (χ0) is 13.9. The third kappa shape index (κ3) is 3.70. The van der Waals surface area contributed by atoms with Crippen LogP contribution in [-0.4, -0.2) is 21.3 Å². The summed E-state index contributed by atoms with van der Waals surface area (Å²) < 4.78 is 29.0. The molecule has 0 aromatic heterocycles. The minimum Gasteiger partial charge on any atom is -0.493 e. The van der Waals surface area contributed by atoms with Crippen molar-refractivity contribution in [2.24, 2.45) is 5.92 Å². The highest BCUT2D eigenvalue weighted by Gasteiger charge is 2.13. The van der Waals surface area contributed by atoms with Gasteiger partial charge in [-0.05, 0) is 31.0 Å². The maximum absolute atomic E-state index is 11.6. The second kappa shape index (κ2) is 5.61. The van der Waals surface area contributed by atoms with Gasteiger partial charge in [0.15, 0.2) is 9.84 Å². The summed E-state index contributed by atoms with van der Waals surface area (Å²) in [5.74, 6) is 0.960. The Morgan fingerprint density at radius 1 is 1.32 bits per heavy atom. The zero-order valence-electron chi connectivity index (χ0n) is 11.2. The Kier molecular flexibility index (Phi) is 4.10. The van der Waals surface area contributed by atoms with E-state index >= 15 is 0 Å². The summed E-state index contributed by atoms with van der Waals surface area (Å²) in [6.07, 6.45) is 10.4. The van der Waals surface area contributed by atoms with Gasteiger partial charge in [-0.2, -0.15) is 0 Å². The minimum absolute atomic E-state index is 0.337. The number of hydrogen-bond donors (Lipinski definition) is 0. The van der Waals surface area contributed by atoms with Crippen LogP contribution in [0.1, 0.15) is 12.0 Å². The highest BCUT2D eigenvalue weighted by molar-refractivity contribution is 7.90. The number of aryl methyl sites for hydroxylation is 1. The lowest BCUT2D eigenvalue weighted by Crippen LogP contribution is -2.10. The fourth-order valence-corrected chi connectivity index (χ4v) is 3.01. The van der Waals surface area contributed by atoms with Crippen molar-refractivity contribution < 1.29 is 13.2 Å². The molecule has 0 heterocycles. The first-order valence-corrected chi connectivity index (χ1v) is 8.13. The molecular weight excluding hydrogens is 260 g/mol. The molecule has 3 nitrogen and oxygen atoms in total. The van der Waals surface area contributed by atoms with Gasteiger partial charge >= 0.3 is 0 Å². The Hall–Kier alpha value is -1.55. The smallest absolute Gasteiger partial charge is 0.175 e. The average molecular weight is 278 g/mol. The maximum atomic E-state index is 11.6. The summed E-state index contributed by atoms with van der Waals surface area (Å²) in [5.41, 5.74) is 0.746. The molecule has 0 N–H and O–H groups in total. The number of benzene rings is 1. The summed E-state index contributed by atoms with van der Waals surface area (Å²) in [5, 5.41) is 0. The number of hydrogen-bond acceptors (Lipinski definition) is 3. The van der Waals surface area contributed by atoms with Gasteiger partial charge in [0.05, 0.1) is 11.5 Å². The van der Waals surface area contributed by atoms with Crippen molar-refractivity contribution in [3.8, 4) is 5.75 Å². The topological polar surface area (TPSA) is 43.4 Å².